The summed E-state index contributed by atoms with van der Waals surface area (Å²) in [5.41, 5.74) is 0.634. The van der Waals surface area contributed by atoms with Gasteiger partial charge < -0.3 is 18.8 Å². The molecule has 0 bridgehead atoms. The normalized spacial score (nSPS) is 10.6. The van der Waals surface area contributed by atoms with E-state index in [1.165, 1.54) is 0 Å². The molecule has 124 valence electrons. The lowest BCUT2D eigenvalue weighted by Crippen LogP contribution is -2.20. The van der Waals surface area contributed by atoms with E-state index in [0.29, 0.717) is 29.2 Å². The van der Waals surface area contributed by atoms with Crippen molar-refractivity contribution in [1.29, 1.82) is 0 Å². The standard InChI is InChI=1S/C18H18N2O4/c1-22-13-6-8-19-12(10-13)11-20-9-7-14-15(18(20)21)4-5-16(23-2)17(14)24-3/h4-10H,11H2,1-3H3. The van der Waals surface area contributed by atoms with Crippen molar-refractivity contribution in [3.8, 4) is 17.2 Å². The van der Waals surface area contributed by atoms with Crippen molar-refractivity contribution in [1.82, 2.24) is 9.55 Å². The van der Waals surface area contributed by atoms with Crippen LogP contribution in [0.1, 0.15) is 5.69 Å². The summed E-state index contributed by atoms with van der Waals surface area (Å²) in [6.07, 6.45) is 3.39. The van der Waals surface area contributed by atoms with Crippen molar-refractivity contribution in [2.75, 3.05) is 21.3 Å². The van der Waals surface area contributed by atoms with E-state index < -0.39 is 0 Å². The number of nitrogens with zero attached hydrogens (tertiary/aromatic N) is 2. The van der Waals surface area contributed by atoms with Crippen molar-refractivity contribution in [3.63, 3.8) is 0 Å². The van der Waals surface area contributed by atoms with E-state index in [-0.39, 0.29) is 5.56 Å². The van der Waals surface area contributed by atoms with Crippen LogP contribution in [0.15, 0.2) is 47.5 Å². The third-order valence-electron chi connectivity index (χ3n) is 3.85. The molecule has 1 aromatic carbocycles. The molecule has 24 heavy (non-hydrogen) atoms. The van der Waals surface area contributed by atoms with Gasteiger partial charge in [-0.25, -0.2) is 0 Å². The molecule has 3 rings (SSSR count). The van der Waals surface area contributed by atoms with Crippen LogP contribution in [0, 0.1) is 0 Å². The summed E-state index contributed by atoms with van der Waals surface area (Å²) in [6, 6.07) is 8.90. The Morgan fingerprint density at radius 2 is 1.83 bits per heavy atom. The molecule has 0 aliphatic heterocycles. The van der Waals surface area contributed by atoms with Gasteiger partial charge in [-0.3, -0.25) is 9.78 Å². The van der Waals surface area contributed by atoms with Gasteiger partial charge in [0.1, 0.15) is 5.75 Å². The molecule has 0 saturated carbocycles. The van der Waals surface area contributed by atoms with Gasteiger partial charge in [0, 0.05) is 23.8 Å². The molecule has 0 aliphatic carbocycles. The molecular formula is C18H18N2O4. The minimum atomic E-state index is -0.113. The van der Waals surface area contributed by atoms with Crippen molar-refractivity contribution in [2.45, 2.75) is 6.54 Å². The van der Waals surface area contributed by atoms with E-state index in [0.717, 1.165) is 11.1 Å². The molecule has 3 aromatic rings. The monoisotopic (exact) mass is 326 g/mol. The molecule has 0 aliphatic rings. The third kappa shape index (κ3) is 2.78. The van der Waals surface area contributed by atoms with Crippen LogP contribution in [0.4, 0.5) is 0 Å². The van der Waals surface area contributed by atoms with Gasteiger partial charge in [0.25, 0.3) is 5.56 Å². The number of ether oxygens (including phenoxy) is 3. The van der Waals surface area contributed by atoms with E-state index in [9.17, 15) is 4.79 Å². The summed E-state index contributed by atoms with van der Waals surface area (Å²) in [4.78, 5) is 17.0. The highest BCUT2D eigenvalue weighted by molar-refractivity contribution is 5.90. The average molecular weight is 326 g/mol. The van der Waals surface area contributed by atoms with Gasteiger partial charge in [0.2, 0.25) is 0 Å². The Balaban J connectivity index is 2.07. The summed E-state index contributed by atoms with van der Waals surface area (Å²) in [5, 5.41) is 1.29. The molecule has 0 unspecified atom stereocenters. The Hall–Kier alpha value is -3.02. The van der Waals surface area contributed by atoms with E-state index in [1.807, 2.05) is 12.1 Å². The zero-order valence-electron chi connectivity index (χ0n) is 13.8. The largest absolute Gasteiger partial charge is 0.497 e. The Labute approximate surface area is 139 Å². The van der Waals surface area contributed by atoms with Crippen LogP contribution in [0.2, 0.25) is 0 Å². The van der Waals surface area contributed by atoms with Gasteiger partial charge in [0.15, 0.2) is 11.5 Å². The topological polar surface area (TPSA) is 62.6 Å². The van der Waals surface area contributed by atoms with Gasteiger partial charge in [-0.05, 0) is 24.3 Å². The fourth-order valence-corrected chi connectivity index (χ4v) is 2.66. The number of pyridine rings is 2. The molecule has 0 amide bonds. The summed E-state index contributed by atoms with van der Waals surface area (Å²) >= 11 is 0. The lowest BCUT2D eigenvalue weighted by Gasteiger charge is -2.12. The molecule has 2 heterocycles. The molecule has 0 radical (unpaired) electrons. The van der Waals surface area contributed by atoms with Crippen molar-refractivity contribution in [3.05, 3.63) is 58.8 Å². The van der Waals surface area contributed by atoms with Crippen molar-refractivity contribution in [2.24, 2.45) is 0 Å². The van der Waals surface area contributed by atoms with Crippen LogP contribution in [-0.4, -0.2) is 30.9 Å². The number of aromatic nitrogens is 2. The maximum Gasteiger partial charge on any atom is 0.258 e. The summed E-state index contributed by atoms with van der Waals surface area (Å²) < 4.78 is 17.5. The lowest BCUT2D eigenvalue weighted by atomic mass is 10.1. The summed E-state index contributed by atoms with van der Waals surface area (Å²) in [7, 11) is 4.73. The van der Waals surface area contributed by atoms with Crippen LogP contribution in [0.5, 0.6) is 17.2 Å². The fraction of sp³-hybridized carbons (Fsp3) is 0.222. The Morgan fingerprint density at radius 3 is 2.54 bits per heavy atom. The van der Waals surface area contributed by atoms with Crippen LogP contribution < -0.4 is 19.8 Å². The minimum absolute atomic E-state index is 0.113. The maximum absolute atomic E-state index is 12.8. The van der Waals surface area contributed by atoms with Crippen molar-refractivity contribution < 1.29 is 14.2 Å². The van der Waals surface area contributed by atoms with E-state index in [1.54, 1.807) is 56.5 Å². The highest BCUT2D eigenvalue weighted by Crippen LogP contribution is 2.33. The van der Waals surface area contributed by atoms with Crippen LogP contribution in [-0.2, 0) is 6.54 Å². The molecule has 0 N–H and O–H groups in total. The Morgan fingerprint density at radius 1 is 1.00 bits per heavy atom. The number of hydrogen-bond donors (Lipinski definition) is 0. The van der Waals surface area contributed by atoms with E-state index in [4.69, 9.17) is 14.2 Å². The van der Waals surface area contributed by atoms with Gasteiger partial charge in [0.05, 0.1) is 39.0 Å². The zero-order chi connectivity index (χ0) is 17.1. The first-order valence-corrected chi connectivity index (χ1v) is 7.41. The molecule has 0 atom stereocenters. The number of methoxy groups -OCH3 is 3. The first-order chi connectivity index (χ1) is 11.7. The second-order valence-corrected chi connectivity index (χ2v) is 5.20. The second-order valence-electron chi connectivity index (χ2n) is 5.20. The molecular weight excluding hydrogens is 308 g/mol. The van der Waals surface area contributed by atoms with Gasteiger partial charge in [-0.1, -0.05) is 0 Å². The predicted molar refractivity (Wildman–Crippen MR) is 91.2 cm³/mol. The quantitative estimate of drug-likeness (QED) is 0.721. The Bertz CT molecular complexity index is 934. The number of rotatable bonds is 5. The van der Waals surface area contributed by atoms with Gasteiger partial charge in [-0.2, -0.15) is 0 Å². The molecule has 0 spiro atoms. The summed E-state index contributed by atoms with van der Waals surface area (Å²) in [5.74, 6) is 1.86. The number of benzene rings is 1. The van der Waals surface area contributed by atoms with Crippen LogP contribution >= 0.6 is 0 Å². The SMILES string of the molecule is COc1ccnc(Cn2ccc3c(OC)c(OC)ccc3c2=O)c1. The van der Waals surface area contributed by atoms with Gasteiger partial charge in [-0.15, -0.1) is 0 Å². The highest BCUT2D eigenvalue weighted by atomic mass is 16.5. The molecule has 0 fully saturated rings. The predicted octanol–water partition coefficient (Wildman–Crippen LogP) is 2.47. The highest BCUT2D eigenvalue weighted by Gasteiger charge is 2.12. The first kappa shape index (κ1) is 15.9. The van der Waals surface area contributed by atoms with Crippen LogP contribution in [0.3, 0.4) is 0 Å². The smallest absolute Gasteiger partial charge is 0.258 e. The Kier molecular flexibility index (Phi) is 4.37. The molecule has 6 heteroatoms. The fourth-order valence-electron chi connectivity index (χ4n) is 2.66. The average Bonchev–Trinajstić information content (AvgIpc) is 2.63. The van der Waals surface area contributed by atoms with E-state index >= 15 is 0 Å². The summed E-state index contributed by atoms with van der Waals surface area (Å²) in [6.45, 7) is 0.361. The maximum atomic E-state index is 12.8. The molecule has 0 saturated heterocycles. The molecule has 2 aromatic heterocycles. The molecule has 6 nitrogen and oxygen atoms in total. The zero-order valence-corrected chi connectivity index (χ0v) is 13.8. The first-order valence-electron chi connectivity index (χ1n) is 7.41. The number of hydrogen-bond acceptors (Lipinski definition) is 5. The second kappa shape index (κ2) is 6.62. The van der Waals surface area contributed by atoms with Gasteiger partial charge >= 0.3 is 0 Å². The minimum Gasteiger partial charge on any atom is -0.497 e. The van der Waals surface area contributed by atoms with Crippen LogP contribution in [0.25, 0.3) is 10.8 Å². The number of fused-ring (bicyclic) bond motifs is 1. The lowest BCUT2D eigenvalue weighted by molar-refractivity contribution is 0.358. The van der Waals surface area contributed by atoms with Crippen molar-refractivity contribution >= 4 is 10.8 Å². The third-order valence-corrected chi connectivity index (χ3v) is 3.85. The van der Waals surface area contributed by atoms with E-state index in [2.05, 4.69) is 4.98 Å².